The van der Waals surface area contributed by atoms with Gasteiger partial charge in [-0.25, -0.2) is 18.2 Å². The highest BCUT2D eigenvalue weighted by Crippen LogP contribution is 2.32. The Morgan fingerprint density at radius 1 is 1.10 bits per heavy atom. The number of benzene rings is 2. The fourth-order valence-electron chi connectivity index (χ4n) is 4.01. The minimum atomic E-state index is -3.59. The number of aromatic nitrogens is 3. The molecule has 13 heteroatoms. The molecule has 12 nitrogen and oxygen atoms in total. The van der Waals surface area contributed by atoms with Crippen LogP contribution in [0.4, 0.5) is 11.4 Å². The molecule has 0 aliphatic heterocycles. The van der Waals surface area contributed by atoms with Crippen molar-refractivity contribution in [1.29, 1.82) is 0 Å². The molecule has 0 bridgehead atoms. The molecule has 0 fully saturated rings. The fraction of sp³-hybridized carbons (Fsp3) is 0.286. The smallest absolute Gasteiger partial charge is 0.345 e. The SMILES string of the molecule is CCCS(=O)(=O)Nc1cc(N(OC)C(=O)c2n[nH]c3ccc(OC(=O)c4ccc(O)nc4)cc23)cc(C(C)(C)C)c1. The van der Waals surface area contributed by atoms with Crippen LogP contribution < -0.4 is 14.5 Å². The lowest BCUT2D eigenvalue weighted by molar-refractivity contribution is 0.0733. The summed E-state index contributed by atoms with van der Waals surface area (Å²) in [6.45, 7) is 7.67. The summed E-state index contributed by atoms with van der Waals surface area (Å²) in [7, 11) is -2.28. The molecule has 0 aliphatic rings. The normalized spacial score (nSPS) is 11.8. The second-order valence-electron chi connectivity index (χ2n) is 10.3. The Kier molecular flexibility index (Phi) is 8.31. The second kappa shape index (κ2) is 11.6. The number of sulfonamides is 1. The number of nitrogens with zero attached hydrogens (tertiary/aromatic N) is 3. The zero-order valence-electron chi connectivity index (χ0n) is 23.3. The summed E-state index contributed by atoms with van der Waals surface area (Å²) in [5, 5.41) is 17.7. The van der Waals surface area contributed by atoms with E-state index in [1.54, 1.807) is 25.1 Å². The standard InChI is InChI=1S/C28H31N5O7S/c1-6-11-41(37,38)32-19-12-18(28(2,3)4)13-20(14-19)33(39-5)26(35)25-22-15-21(8-9-23(22)30-31-25)40-27(36)17-7-10-24(34)29-16-17/h7-10,12-16,32H,6,11H2,1-5H3,(H,29,34)(H,30,31). The molecule has 0 unspecified atom stereocenters. The number of carbonyl (C=O) groups is 2. The van der Waals surface area contributed by atoms with Crippen molar-refractivity contribution >= 4 is 44.2 Å². The summed E-state index contributed by atoms with van der Waals surface area (Å²) in [5.41, 5.74) is 1.59. The number of rotatable bonds is 9. The number of esters is 1. The predicted molar refractivity (Wildman–Crippen MR) is 154 cm³/mol. The number of pyridine rings is 1. The van der Waals surface area contributed by atoms with Gasteiger partial charge in [-0.15, -0.1) is 0 Å². The number of nitrogens with one attached hydrogen (secondary N) is 2. The first-order chi connectivity index (χ1) is 19.3. The Bertz CT molecular complexity index is 1690. The number of aromatic amines is 1. The van der Waals surface area contributed by atoms with Gasteiger partial charge in [0, 0.05) is 17.6 Å². The Balaban J connectivity index is 1.69. The number of anilines is 2. The van der Waals surface area contributed by atoms with Crippen molar-refractivity contribution in [3.8, 4) is 11.6 Å². The third-order valence-electron chi connectivity index (χ3n) is 6.06. The van der Waals surface area contributed by atoms with Crippen molar-refractivity contribution in [2.24, 2.45) is 0 Å². The van der Waals surface area contributed by atoms with Gasteiger partial charge in [-0.1, -0.05) is 27.7 Å². The lowest BCUT2D eigenvalue weighted by atomic mass is 9.86. The lowest BCUT2D eigenvalue weighted by Gasteiger charge is -2.25. The van der Waals surface area contributed by atoms with E-state index in [-0.39, 0.29) is 39.7 Å². The average molecular weight is 582 g/mol. The Labute approximate surface area is 237 Å². The van der Waals surface area contributed by atoms with Gasteiger partial charge in [-0.3, -0.25) is 19.5 Å². The van der Waals surface area contributed by atoms with Gasteiger partial charge < -0.3 is 9.84 Å². The molecule has 4 aromatic rings. The number of ether oxygens (including phenoxy) is 1. The number of amides is 1. The van der Waals surface area contributed by atoms with E-state index in [2.05, 4.69) is 19.9 Å². The molecule has 3 N–H and O–H groups in total. The van der Waals surface area contributed by atoms with Crippen LogP contribution in [-0.2, 0) is 20.3 Å². The van der Waals surface area contributed by atoms with Crippen molar-refractivity contribution < 1.29 is 32.7 Å². The topological polar surface area (TPSA) is 164 Å². The van der Waals surface area contributed by atoms with E-state index >= 15 is 0 Å². The minimum absolute atomic E-state index is 0.0136. The fourth-order valence-corrected chi connectivity index (χ4v) is 5.13. The maximum Gasteiger partial charge on any atom is 0.345 e. The van der Waals surface area contributed by atoms with E-state index in [1.165, 1.54) is 43.6 Å². The summed E-state index contributed by atoms with van der Waals surface area (Å²) in [6, 6.07) is 12.2. The molecule has 0 aliphatic carbocycles. The zero-order valence-corrected chi connectivity index (χ0v) is 24.1. The molecule has 1 amide bonds. The van der Waals surface area contributed by atoms with Crippen molar-refractivity contribution in [3.63, 3.8) is 0 Å². The molecule has 0 saturated carbocycles. The number of hydrogen-bond donors (Lipinski definition) is 3. The first-order valence-electron chi connectivity index (χ1n) is 12.7. The molecule has 2 heterocycles. The molecular formula is C28H31N5O7S. The molecule has 4 rings (SSSR count). The molecule has 0 atom stereocenters. The monoisotopic (exact) mass is 581 g/mol. The summed E-state index contributed by atoms with van der Waals surface area (Å²) < 4.78 is 33.0. The van der Waals surface area contributed by atoms with Crippen LogP contribution in [-0.4, -0.2) is 53.4 Å². The van der Waals surface area contributed by atoms with E-state index in [9.17, 15) is 23.1 Å². The van der Waals surface area contributed by atoms with Crippen LogP contribution >= 0.6 is 0 Å². The molecule has 2 aromatic carbocycles. The maximum absolute atomic E-state index is 13.7. The summed E-state index contributed by atoms with van der Waals surface area (Å²) in [6.07, 6.45) is 1.63. The molecular weight excluding hydrogens is 550 g/mol. The quantitative estimate of drug-likeness (QED) is 0.146. The van der Waals surface area contributed by atoms with E-state index < -0.39 is 21.9 Å². The van der Waals surface area contributed by atoms with Gasteiger partial charge in [-0.05, 0) is 59.9 Å². The first-order valence-corrected chi connectivity index (χ1v) is 14.4. The van der Waals surface area contributed by atoms with E-state index in [0.29, 0.717) is 23.0 Å². The van der Waals surface area contributed by atoms with Crippen LogP contribution in [0.1, 0.15) is 60.5 Å². The van der Waals surface area contributed by atoms with Crippen molar-refractivity contribution in [2.45, 2.75) is 39.5 Å². The Morgan fingerprint density at radius 2 is 1.85 bits per heavy atom. The van der Waals surface area contributed by atoms with Gasteiger partial charge in [0.2, 0.25) is 15.9 Å². The van der Waals surface area contributed by atoms with E-state index in [0.717, 1.165) is 10.6 Å². The van der Waals surface area contributed by atoms with E-state index in [1.807, 2.05) is 20.8 Å². The number of fused-ring (bicyclic) bond motifs is 1. The van der Waals surface area contributed by atoms with Crippen LogP contribution in [0.25, 0.3) is 10.9 Å². The van der Waals surface area contributed by atoms with Crippen molar-refractivity contribution in [1.82, 2.24) is 15.2 Å². The van der Waals surface area contributed by atoms with Crippen LogP contribution in [0.3, 0.4) is 0 Å². The number of hydrogen-bond acceptors (Lipinski definition) is 9. The largest absolute Gasteiger partial charge is 0.493 e. The van der Waals surface area contributed by atoms with Crippen LogP contribution in [0, 0.1) is 0 Å². The highest BCUT2D eigenvalue weighted by molar-refractivity contribution is 7.92. The van der Waals surface area contributed by atoms with Gasteiger partial charge in [-0.2, -0.15) is 10.2 Å². The number of aromatic hydroxyl groups is 1. The predicted octanol–water partition coefficient (Wildman–Crippen LogP) is 4.54. The molecule has 0 spiro atoms. The van der Waals surface area contributed by atoms with Gasteiger partial charge in [0.25, 0.3) is 0 Å². The third-order valence-corrected chi connectivity index (χ3v) is 7.55. The lowest BCUT2D eigenvalue weighted by Crippen LogP contribution is -2.31. The van der Waals surface area contributed by atoms with Crippen LogP contribution in [0.2, 0.25) is 0 Å². The number of H-pyrrole nitrogens is 1. The highest BCUT2D eigenvalue weighted by atomic mass is 32.2. The maximum atomic E-state index is 13.7. The molecule has 0 radical (unpaired) electrons. The van der Waals surface area contributed by atoms with Crippen LogP contribution in [0.5, 0.6) is 11.6 Å². The Morgan fingerprint density at radius 3 is 2.49 bits per heavy atom. The van der Waals surface area contributed by atoms with Gasteiger partial charge in [0.1, 0.15) is 5.75 Å². The van der Waals surface area contributed by atoms with E-state index in [4.69, 9.17) is 9.57 Å². The van der Waals surface area contributed by atoms with Crippen LogP contribution in [0.15, 0.2) is 54.7 Å². The molecule has 216 valence electrons. The van der Waals surface area contributed by atoms with Gasteiger partial charge in [0.15, 0.2) is 5.69 Å². The highest BCUT2D eigenvalue weighted by Gasteiger charge is 2.26. The van der Waals surface area contributed by atoms with Crippen molar-refractivity contribution in [3.05, 3.63) is 71.5 Å². The first kappa shape index (κ1) is 29.5. The summed E-state index contributed by atoms with van der Waals surface area (Å²) in [4.78, 5) is 35.4. The number of carbonyl (C=O) groups excluding carboxylic acids is 2. The van der Waals surface area contributed by atoms with Crippen molar-refractivity contribution in [2.75, 3.05) is 22.6 Å². The second-order valence-corrected chi connectivity index (χ2v) is 12.1. The Hall–Kier alpha value is -4.49. The van der Waals surface area contributed by atoms with Gasteiger partial charge >= 0.3 is 11.9 Å². The zero-order chi connectivity index (χ0) is 29.9. The molecule has 2 aromatic heterocycles. The third kappa shape index (κ3) is 6.81. The molecule has 41 heavy (non-hydrogen) atoms. The number of hydroxylamine groups is 1. The minimum Gasteiger partial charge on any atom is -0.493 e. The summed E-state index contributed by atoms with van der Waals surface area (Å²) >= 11 is 0. The van der Waals surface area contributed by atoms with Gasteiger partial charge in [0.05, 0.1) is 35.3 Å². The average Bonchev–Trinajstić information content (AvgIpc) is 3.32. The summed E-state index contributed by atoms with van der Waals surface area (Å²) in [5.74, 6) is -1.48. The molecule has 0 saturated heterocycles.